The minimum Gasteiger partial charge on any atom is -0.475 e. The van der Waals surface area contributed by atoms with Gasteiger partial charge in [0.25, 0.3) is 0 Å². The second-order valence-corrected chi connectivity index (χ2v) is 8.50. The smallest absolute Gasteiger partial charge is 0.234 e. The molecule has 0 N–H and O–H groups in total. The quantitative estimate of drug-likeness (QED) is 0.396. The number of aryl methyl sites for hydroxylation is 1. The Bertz CT molecular complexity index is 760. The van der Waals surface area contributed by atoms with Crippen molar-refractivity contribution < 1.29 is 4.74 Å². The summed E-state index contributed by atoms with van der Waals surface area (Å²) in [5, 5.41) is 0.413. The van der Waals surface area contributed by atoms with Crippen molar-refractivity contribution >= 4 is 35.0 Å². The molecule has 28 heavy (non-hydrogen) atoms. The molecule has 0 unspecified atom stereocenters. The van der Waals surface area contributed by atoms with Gasteiger partial charge in [-0.05, 0) is 53.0 Å². The minimum absolute atomic E-state index is 0.413. The van der Waals surface area contributed by atoms with Gasteiger partial charge in [0.2, 0.25) is 11.8 Å². The first-order chi connectivity index (χ1) is 13.2. The third-order valence-electron chi connectivity index (χ3n) is 4.62. The van der Waals surface area contributed by atoms with Crippen LogP contribution in [-0.4, -0.2) is 53.4 Å². The topological polar surface area (TPSA) is 41.5 Å². The highest BCUT2D eigenvalue weighted by Gasteiger charge is 2.18. The number of rotatable bonds is 9. The lowest BCUT2D eigenvalue weighted by molar-refractivity contribution is 0.139. The fraction of sp³-hybridized carbons (Fsp3) is 0.524. The highest BCUT2D eigenvalue weighted by atomic mass is 35.5. The largest absolute Gasteiger partial charge is 0.475 e. The SMILES string of the molecule is CSc1c(Cl)nc(N(C)c2ccc(C)cc2)nc1OCCN(C(C)C)C(C)C. The number of aromatic nitrogens is 2. The molecule has 2 aromatic rings. The number of hydrogen-bond acceptors (Lipinski definition) is 6. The van der Waals surface area contributed by atoms with Crippen LogP contribution in [0.3, 0.4) is 0 Å². The van der Waals surface area contributed by atoms with Gasteiger partial charge in [0.05, 0.1) is 0 Å². The summed E-state index contributed by atoms with van der Waals surface area (Å²) in [4.78, 5) is 14.2. The molecule has 0 amide bonds. The third-order valence-corrected chi connectivity index (χ3v) is 5.78. The van der Waals surface area contributed by atoms with Gasteiger partial charge in [0.1, 0.15) is 11.5 Å². The number of halogens is 1. The summed E-state index contributed by atoms with van der Waals surface area (Å²) in [5.74, 6) is 1.06. The fourth-order valence-corrected chi connectivity index (χ4v) is 3.94. The lowest BCUT2D eigenvalue weighted by atomic mass is 10.2. The zero-order valence-electron chi connectivity index (χ0n) is 17.9. The molecule has 0 saturated carbocycles. The summed E-state index contributed by atoms with van der Waals surface area (Å²) in [6.07, 6.45) is 1.95. The van der Waals surface area contributed by atoms with Crippen LogP contribution in [-0.2, 0) is 0 Å². The lowest BCUT2D eigenvalue weighted by Crippen LogP contribution is -2.39. The zero-order valence-corrected chi connectivity index (χ0v) is 19.4. The average Bonchev–Trinajstić information content (AvgIpc) is 2.64. The second kappa shape index (κ2) is 10.3. The normalized spacial score (nSPS) is 11.5. The van der Waals surface area contributed by atoms with E-state index >= 15 is 0 Å². The van der Waals surface area contributed by atoms with E-state index in [1.807, 2.05) is 30.3 Å². The minimum atomic E-state index is 0.413. The molecule has 0 spiro atoms. The molecule has 1 aromatic carbocycles. The predicted octanol–water partition coefficient (Wildman–Crippen LogP) is 5.43. The van der Waals surface area contributed by atoms with E-state index in [2.05, 4.69) is 61.6 Å². The summed E-state index contributed by atoms with van der Waals surface area (Å²) >= 11 is 7.94. The molecule has 0 aliphatic heterocycles. The first kappa shape index (κ1) is 22.8. The zero-order chi connectivity index (χ0) is 20.8. The van der Waals surface area contributed by atoms with E-state index in [0.717, 1.165) is 17.1 Å². The van der Waals surface area contributed by atoms with Gasteiger partial charge in [-0.25, -0.2) is 0 Å². The van der Waals surface area contributed by atoms with Gasteiger partial charge in [-0.3, -0.25) is 4.90 Å². The number of ether oxygens (including phenoxy) is 1. The Labute approximate surface area is 178 Å². The number of benzene rings is 1. The molecule has 1 heterocycles. The van der Waals surface area contributed by atoms with Crippen molar-refractivity contribution in [3.63, 3.8) is 0 Å². The Kier molecular flexibility index (Phi) is 8.40. The van der Waals surface area contributed by atoms with E-state index in [1.54, 1.807) is 0 Å². The highest BCUT2D eigenvalue weighted by molar-refractivity contribution is 7.98. The van der Waals surface area contributed by atoms with Gasteiger partial charge >= 0.3 is 0 Å². The molecule has 2 rings (SSSR count). The number of hydrogen-bond donors (Lipinski definition) is 0. The Balaban J connectivity index is 2.22. The molecular formula is C21H31ClN4OS. The number of anilines is 2. The highest BCUT2D eigenvalue weighted by Crippen LogP contribution is 2.34. The van der Waals surface area contributed by atoms with Crippen LogP contribution in [0.2, 0.25) is 5.15 Å². The molecule has 0 aliphatic carbocycles. The first-order valence-electron chi connectivity index (χ1n) is 9.55. The Morgan fingerprint density at radius 3 is 2.21 bits per heavy atom. The maximum absolute atomic E-state index is 6.44. The van der Waals surface area contributed by atoms with Crippen LogP contribution in [0.4, 0.5) is 11.6 Å². The monoisotopic (exact) mass is 422 g/mol. The van der Waals surface area contributed by atoms with Gasteiger partial charge < -0.3 is 9.64 Å². The second-order valence-electron chi connectivity index (χ2n) is 7.32. The molecule has 0 atom stereocenters. The van der Waals surface area contributed by atoms with E-state index in [-0.39, 0.29) is 0 Å². The summed E-state index contributed by atoms with van der Waals surface area (Å²) in [5.41, 5.74) is 2.20. The van der Waals surface area contributed by atoms with Gasteiger partial charge in [-0.15, -0.1) is 11.8 Å². The molecule has 0 fully saturated rings. The van der Waals surface area contributed by atoms with Crippen molar-refractivity contribution in [3.8, 4) is 5.88 Å². The molecule has 5 nitrogen and oxygen atoms in total. The molecule has 0 aliphatic rings. The average molecular weight is 423 g/mol. The summed E-state index contributed by atoms with van der Waals surface area (Å²) in [6, 6.07) is 9.13. The summed E-state index contributed by atoms with van der Waals surface area (Å²) in [7, 11) is 1.93. The Morgan fingerprint density at radius 2 is 1.68 bits per heavy atom. The summed E-state index contributed by atoms with van der Waals surface area (Å²) in [6.45, 7) is 12.2. The van der Waals surface area contributed by atoms with Gasteiger partial charge in [0.15, 0.2) is 5.15 Å². The maximum atomic E-state index is 6.44. The van der Waals surface area contributed by atoms with Gasteiger partial charge in [-0.1, -0.05) is 29.3 Å². The van der Waals surface area contributed by atoms with Crippen LogP contribution >= 0.6 is 23.4 Å². The molecule has 154 valence electrons. The van der Waals surface area contributed by atoms with E-state index in [1.165, 1.54) is 17.3 Å². The van der Waals surface area contributed by atoms with E-state index < -0.39 is 0 Å². The van der Waals surface area contributed by atoms with Crippen LogP contribution in [0, 0.1) is 6.92 Å². The van der Waals surface area contributed by atoms with E-state index in [4.69, 9.17) is 16.3 Å². The fourth-order valence-electron chi connectivity index (χ4n) is 3.06. The maximum Gasteiger partial charge on any atom is 0.234 e. The molecule has 0 radical (unpaired) electrons. The van der Waals surface area contributed by atoms with Gasteiger partial charge in [-0.2, -0.15) is 9.97 Å². The number of thioether (sulfide) groups is 1. The summed E-state index contributed by atoms with van der Waals surface area (Å²) < 4.78 is 6.06. The van der Waals surface area contributed by atoms with E-state index in [0.29, 0.717) is 35.7 Å². The standard InChI is InChI=1S/C21H31ClN4OS/c1-14(2)26(15(3)4)12-13-27-20-18(28-7)19(22)23-21(24-20)25(6)17-10-8-16(5)9-11-17/h8-11,14-15H,12-13H2,1-7H3. The molecule has 0 saturated heterocycles. The lowest BCUT2D eigenvalue weighted by Gasteiger charge is -2.30. The van der Waals surface area contributed by atoms with Crippen molar-refractivity contribution in [3.05, 3.63) is 35.0 Å². The van der Waals surface area contributed by atoms with Crippen LogP contribution in [0.15, 0.2) is 29.2 Å². The Morgan fingerprint density at radius 1 is 1.07 bits per heavy atom. The van der Waals surface area contributed by atoms with Crippen molar-refractivity contribution in [2.45, 2.75) is 51.6 Å². The first-order valence-corrected chi connectivity index (χ1v) is 11.1. The number of nitrogens with zero attached hydrogens (tertiary/aromatic N) is 4. The van der Waals surface area contributed by atoms with Crippen LogP contribution in [0.5, 0.6) is 5.88 Å². The van der Waals surface area contributed by atoms with Crippen LogP contribution in [0.1, 0.15) is 33.3 Å². The predicted molar refractivity (Wildman–Crippen MR) is 121 cm³/mol. The third kappa shape index (κ3) is 5.75. The van der Waals surface area contributed by atoms with Crippen molar-refractivity contribution in [1.82, 2.24) is 14.9 Å². The molecule has 0 bridgehead atoms. The molecular weight excluding hydrogens is 392 g/mol. The van der Waals surface area contributed by atoms with Gasteiger partial charge in [0, 0.05) is 31.4 Å². The van der Waals surface area contributed by atoms with Crippen LogP contribution < -0.4 is 9.64 Å². The van der Waals surface area contributed by atoms with Crippen LogP contribution in [0.25, 0.3) is 0 Å². The molecule has 7 heteroatoms. The van der Waals surface area contributed by atoms with Crippen molar-refractivity contribution in [1.29, 1.82) is 0 Å². The Hall–Kier alpha value is -1.50. The van der Waals surface area contributed by atoms with E-state index in [9.17, 15) is 0 Å². The molecule has 1 aromatic heterocycles. The van der Waals surface area contributed by atoms with Crippen molar-refractivity contribution in [2.75, 3.05) is 31.4 Å². The van der Waals surface area contributed by atoms with Crippen molar-refractivity contribution in [2.24, 2.45) is 0 Å².